The molecule has 124 valence electrons. The van der Waals surface area contributed by atoms with E-state index in [4.69, 9.17) is 5.73 Å². The zero-order valence-corrected chi connectivity index (χ0v) is 13.1. The van der Waals surface area contributed by atoms with E-state index in [1.807, 2.05) is 0 Å². The third-order valence-corrected chi connectivity index (χ3v) is 3.57. The van der Waals surface area contributed by atoms with E-state index in [0.717, 1.165) is 37.1 Å². The van der Waals surface area contributed by atoms with Crippen LogP contribution in [0.4, 0.5) is 13.2 Å². The molecule has 0 aromatic heterocycles. The quantitative estimate of drug-likeness (QED) is 0.505. The standard InChI is InChI=1S/C15H21F3N2OS/c16-15(17,18)12-7-5-11(6-8-12)10-20-14(21)13(19)4-2-1-3-9-22/h5-8,13,22H,1-4,9-10,19H2,(H,20,21). The smallest absolute Gasteiger partial charge is 0.351 e. The second kappa shape index (κ2) is 9.05. The van der Waals surface area contributed by atoms with Crippen LogP contribution < -0.4 is 11.1 Å². The van der Waals surface area contributed by atoms with Crippen LogP contribution in [-0.4, -0.2) is 17.7 Å². The summed E-state index contributed by atoms with van der Waals surface area (Å²) in [5, 5.41) is 2.64. The number of nitrogens with two attached hydrogens (primary N) is 1. The maximum atomic E-state index is 12.4. The van der Waals surface area contributed by atoms with Crippen molar-refractivity contribution in [1.82, 2.24) is 5.32 Å². The van der Waals surface area contributed by atoms with Gasteiger partial charge in [0.2, 0.25) is 5.91 Å². The topological polar surface area (TPSA) is 55.1 Å². The van der Waals surface area contributed by atoms with Crippen molar-refractivity contribution in [3.05, 3.63) is 35.4 Å². The number of thiol groups is 1. The van der Waals surface area contributed by atoms with E-state index in [1.54, 1.807) is 0 Å². The molecular weight excluding hydrogens is 313 g/mol. The maximum absolute atomic E-state index is 12.4. The summed E-state index contributed by atoms with van der Waals surface area (Å²) in [6, 6.07) is 4.11. The molecule has 7 heteroatoms. The summed E-state index contributed by atoms with van der Waals surface area (Å²) in [5.74, 6) is 0.529. The molecule has 0 saturated heterocycles. The number of rotatable bonds is 8. The normalized spacial score (nSPS) is 13.0. The van der Waals surface area contributed by atoms with E-state index in [0.29, 0.717) is 12.0 Å². The van der Waals surface area contributed by atoms with Crippen LogP contribution in [0.2, 0.25) is 0 Å². The van der Waals surface area contributed by atoms with Gasteiger partial charge >= 0.3 is 6.18 Å². The van der Waals surface area contributed by atoms with Gasteiger partial charge < -0.3 is 11.1 Å². The van der Waals surface area contributed by atoms with Crippen molar-refractivity contribution in [2.75, 3.05) is 5.75 Å². The van der Waals surface area contributed by atoms with Gasteiger partial charge in [-0.05, 0) is 36.3 Å². The summed E-state index contributed by atoms with van der Waals surface area (Å²) in [7, 11) is 0. The molecule has 0 aliphatic rings. The molecule has 1 aromatic rings. The Labute approximate surface area is 133 Å². The van der Waals surface area contributed by atoms with Gasteiger partial charge in [0, 0.05) is 6.54 Å². The molecule has 0 saturated carbocycles. The van der Waals surface area contributed by atoms with Crippen LogP contribution in [-0.2, 0) is 17.5 Å². The number of halogens is 3. The fraction of sp³-hybridized carbons (Fsp3) is 0.533. The van der Waals surface area contributed by atoms with Crippen molar-refractivity contribution in [2.24, 2.45) is 5.73 Å². The van der Waals surface area contributed by atoms with Gasteiger partial charge in [0.1, 0.15) is 0 Å². The Morgan fingerprint density at radius 2 is 1.82 bits per heavy atom. The maximum Gasteiger partial charge on any atom is 0.416 e. The Hall–Kier alpha value is -1.21. The first kappa shape index (κ1) is 18.8. The second-order valence-corrected chi connectivity index (χ2v) is 5.54. The SMILES string of the molecule is NC(CCCCCS)C(=O)NCc1ccc(C(F)(F)F)cc1. The molecule has 0 heterocycles. The summed E-state index contributed by atoms with van der Waals surface area (Å²) < 4.78 is 37.3. The fourth-order valence-electron chi connectivity index (χ4n) is 1.92. The first-order valence-corrected chi connectivity index (χ1v) is 7.78. The van der Waals surface area contributed by atoms with E-state index >= 15 is 0 Å². The number of benzene rings is 1. The predicted molar refractivity (Wildman–Crippen MR) is 83.6 cm³/mol. The molecule has 1 unspecified atom stereocenters. The molecule has 1 rings (SSSR count). The lowest BCUT2D eigenvalue weighted by molar-refractivity contribution is -0.137. The van der Waals surface area contributed by atoms with E-state index in [1.165, 1.54) is 12.1 Å². The van der Waals surface area contributed by atoms with Crippen LogP contribution in [0.1, 0.15) is 36.8 Å². The van der Waals surface area contributed by atoms with Crippen LogP contribution in [0.15, 0.2) is 24.3 Å². The summed E-state index contributed by atoms with van der Waals surface area (Å²) in [6.07, 6.45) is -0.939. The van der Waals surface area contributed by atoms with Crippen LogP contribution in [0.25, 0.3) is 0 Å². The minimum atomic E-state index is -4.35. The van der Waals surface area contributed by atoms with Gasteiger partial charge in [0.05, 0.1) is 11.6 Å². The van der Waals surface area contributed by atoms with Crippen molar-refractivity contribution in [3.8, 4) is 0 Å². The number of hydrogen-bond acceptors (Lipinski definition) is 3. The largest absolute Gasteiger partial charge is 0.416 e. The Morgan fingerprint density at radius 3 is 2.36 bits per heavy atom. The van der Waals surface area contributed by atoms with Crippen molar-refractivity contribution < 1.29 is 18.0 Å². The third kappa shape index (κ3) is 6.70. The lowest BCUT2D eigenvalue weighted by Gasteiger charge is -2.12. The van der Waals surface area contributed by atoms with Gasteiger partial charge in [-0.25, -0.2) is 0 Å². The molecule has 1 atom stereocenters. The van der Waals surface area contributed by atoms with Gasteiger partial charge in [-0.2, -0.15) is 25.8 Å². The average molecular weight is 334 g/mol. The van der Waals surface area contributed by atoms with E-state index in [2.05, 4.69) is 17.9 Å². The van der Waals surface area contributed by atoms with Crippen molar-refractivity contribution >= 4 is 18.5 Å². The number of nitrogens with one attached hydrogen (secondary N) is 1. The van der Waals surface area contributed by atoms with Crippen LogP contribution in [0.3, 0.4) is 0 Å². The first-order valence-electron chi connectivity index (χ1n) is 7.15. The van der Waals surface area contributed by atoms with Gasteiger partial charge in [-0.1, -0.05) is 25.0 Å². The Bertz CT molecular complexity index is 463. The van der Waals surface area contributed by atoms with E-state index in [-0.39, 0.29) is 12.5 Å². The van der Waals surface area contributed by atoms with Crippen molar-refractivity contribution in [3.63, 3.8) is 0 Å². The van der Waals surface area contributed by atoms with Gasteiger partial charge in [-0.15, -0.1) is 0 Å². The average Bonchev–Trinajstić information content (AvgIpc) is 2.48. The lowest BCUT2D eigenvalue weighted by atomic mass is 10.1. The molecule has 3 nitrogen and oxygen atoms in total. The Balaban J connectivity index is 2.37. The Kier molecular flexibility index (Phi) is 7.75. The molecule has 0 bridgehead atoms. The minimum Gasteiger partial charge on any atom is -0.351 e. The van der Waals surface area contributed by atoms with E-state index < -0.39 is 17.8 Å². The zero-order chi connectivity index (χ0) is 16.6. The van der Waals surface area contributed by atoms with Crippen LogP contribution in [0.5, 0.6) is 0 Å². The molecular formula is C15H21F3N2OS. The molecule has 0 fully saturated rings. The molecule has 0 aliphatic carbocycles. The second-order valence-electron chi connectivity index (χ2n) is 5.09. The Morgan fingerprint density at radius 1 is 1.18 bits per heavy atom. The zero-order valence-electron chi connectivity index (χ0n) is 12.2. The lowest BCUT2D eigenvalue weighted by Crippen LogP contribution is -2.40. The molecule has 0 aliphatic heterocycles. The van der Waals surface area contributed by atoms with Gasteiger partial charge in [0.15, 0.2) is 0 Å². The highest BCUT2D eigenvalue weighted by molar-refractivity contribution is 7.80. The number of alkyl halides is 3. The third-order valence-electron chi connectivity index (χ3n) is 3.26. The number of amides is 1. The van der Waals surface area contributed by atoms with E-state index in [9.17, 15) is 18.0 Å². The van der Waals surface area contributed by atoms with Crippen LogP contribution >= 0.6 is 12.6 Å². The predicted octanol–water partition coefficient (Wildman–Crippen LogP) is 3.14. The summed E-state index contributed by atoms with van der Waals surface area (Å²) in [4.78, 5) is 11.8. The molecule has 22 heavy (non-hydrogen) atoms. The highest BCUT2D eigenvalue weighted by Gasteiger charge is 2.29. The highest BCUT2D eigenvalue weighted by atomic mass is 32.1. The molecule has 1 aromatic carbocycles. The number of hydrogen-bond donors (Lipinski definition) is 3. The molecule has 0 radical (unpaired) electrons. The number of carbonyl (C=O) groups excluding carboxylic acids is 1. The first-order chi connectivity index (χ1) is 10.3. The number of unbranched alkanes of at least 4 members (excludes halogenated alkanes) is 2. The van der Waals surface area contributed by atoms with Crippen molar-refractivity contribution in [1.29, 1.82) is 0 Å². The van der Waals surface area contributed by atoms with Crippen LogP contribution in [0, 0.1) is 0 Å². The fourth-order valence-corrected chi connectivity index (χ4v) is 2.14. The summed E-state index contributed by atoms with van der Waals surface area (Å²) in [6.45, 7) is 0.168. The van der Waals surface area contributed by atoms with Crippen molar-refractivity contribution in [2.45, 2.75) is 44.4 Å². The van der Waals surface area contributed by atoms with Gasteiger partial charge in [-0.3, -0.25) is 4.79 Å². The summed E-state index contributed by atoms with van der Waals surface area (Å²) >= 11 is 4.10. The highest BCUT2D eigenvalue weighted by Crippen LogP contribution is 2.29. The monoisotopic (exact) mass is 334 g/mol. The number of carbonyl (C=O) groups is 1. The summed E-state index contributed by atoms with van der Waals surface area (Å²) in [5.41, 5.74) is 5.66. The van der Waals surface area contributed by atoms with Gasteiger partial charge in [0.25, 0.3) is 0 Å². The molecule has 0 spiro atoms. The molecule has 1 amide bonds. The molecule has 3 N–H and O–H groups in total. The minimum absolute atomic E-state index is 0.168.